The van der Waals surface area contributed by atoms with E-state index in [2.05, 4.69) is 5.32 Å². The molecular formula is C40H45F3N2O4. The van der Waals surface area contributed by atoms with E-state index < -0.39 is 22.6 Å². The number of hydrogen-bond acceptors (Lipinski definition) is 5. The molecule has 6 nitrogen and oxygen atoms in total. The van der Waals surface area contributed by atoms with E-state index in [9.17, 15) is 22.8 Å². The molecule has 260 valence electrons. The van der Waals surface area contributed by atoms with E-state index in [1.54, 1.807) is 11.0 Å². The Bertz CT molecular complexity index is 1610. The van der Waals surface area contributed by atoms with Gasteiger partial charge in [0.25, 0.3) is 0 Å². The van der Waals surface area contributed by atoms with Crippen molar-refractivity contribution in [2.24, 2.45) is 0 Å². The van der Waals surface area contributed by atoms with Crippen molar-refractivity contribution in [2.75, 3.05) is 26.9 Å². The summed E-state index contributed by atoms with van der Waals surface area (Å²) in [6, 6.07) is 24.3. The van der Waals surface area contributed by atoms with E-state index >= 15 is 0 Å². The first-order valence-corrected chi connectivity index (χ1v) is 17.3. The molecule has 0 spiro atoms. The summed E-state index contributed by atoms with van der Waals surface area (Å²) in [5.41, 5.74) is 1.77. The molecule has 1 N–H and O–H groups in total. The predicted molar refractivity (Wildman–Crippen MR) is 182 cm³/mol. The quantitative estimate of drug-likeness (QED) is 0.220. The van der Waals surface area contributed by atoms with Gasteiger partial charge in [-0.1, -0.05) is 78.9 Å². The number of carbonyl (C=O) groups is 2. The maximum Gasteiger partial charge on any atom is 0.416 e. The molecule has 2 aliphatic carbocycles. The average molecular weight is 675 g/mol. The van der Waals surface area contributed by atoms with Crippen molar-refractivity contribution in [3.05, 3.63) is 119 Å². The number of amides is 1. The number of nitrogens with zero attached hydrogens (tertiary/aromatic N) is 1. The van der Waals surface area contributed by atoms with Gasteiger partial charge in [0.1, 0.15) is 0 Å². The third-order valence-electron chi connectivity index (χ3n) is 10.8. The van der Waals surface area contributed by atoms with Crippen molar-refractivity contribution >= 4 is 11.9 Å². The second kappa shape index (κ2) is 14.9. The van der Waals surface area contributed by atoms with E-state index in [1.165, 1.54) is 13.2 Å². The predicted octanol–water partition coefficient (Wildman–Crippen LogP) is 7.30. The number of carbonyl (C=O) groups excluding carboxylic acids is 2. The van der Waals surface area contributed by atoms with Crippen molar-refractivity contribution in [1.29, 1.82) is 0 Å². The Kier molecular flexibility index (Phi) is 10.6. The lowest BCUT2D eigenvalue weighted by molar-refractivity contribution is -0.147. The molecule has 2 aliphatic heterocycles. The molecule has 7 rings (SSSR count). The van der Waals surface area contributed by atoms with E-state index in [0.717, 1.165) is 74.5 Å². The lowest BCUT2D eigenvalue weighted by Gasteiger charge is -2.38. The van der Waals surface area contributed by atoms with Gasteiger partial charge in [-0.15, -0.1) is 0 Å². The van der Waals surface area contributed by atoms with Gasteiger partial charge < -0.3 is 19.7 Å². The van der Waals surface area contributed by atoms with Crippen LogP contribution in [0, 0.1) is 0 Å². The number of allylic oxidation sites excluding steroid dienone is 2. The molecule has 1 saturated carbocycles. The fourth-order valence-electron chi connectivity index (χ4n) is 8.06. The minimum Gasteiger partial charge on any atom is -0.468 e. The van der Waals surface area contributed by atoms with Gasteiger partial charge in [0.2, 0.25) is 5.91 Å². The zero-order chi connectivity index (χ0) is 34.5. The Balaban J connectivity index is 0.000000232. The molecule has 3 aromatic rings. The molecule has 0 radical (unpaired) electrons. The number of nitrogens with one attached hydrogen (secondary N) is 1. The number of benzene rings is 3. The van der Waals surface area contributed by atoms with Crippen LogP contribution in [0.5, 0.6) is 0 Å². The number of halogens is 3. The maximum absolute atomic E-state index is 14.1. The summed E-state index contributed by atoms with van der Waals surface area (Å²) in [6.07, 6.45) is 6.07. The fraction of sp³-hybridized carbons (Fsp3) is 0.450. The summed E-state index contributed by atoms with van der Waals surface area (Å²) < 4.78 is 50.2. The normalized spacial score (nSPS) is 23.3. The summed E-state index contributed by atoms with van der Waals surface area (Å²) in [5, 5.41) is 3.76. The Morgan fingerprint density at radius 3 is 2.08 bits per heavy atom. The van der Waals surface area contributed by atoms with E-state index in [0.29, 0.717) is 31.0 Å². The summed E-state index contributed by atoms with van der Waals surface area (Å²) in [5.74, 6) is -0.100. The number of rotatable bonds is 6. The van der Waals surface area contributed by atoms with Gasteiger partial charge in [0.15, 0.2) is 0 Å². The van der Waals surface area contributed by atoms with Gasteiger partial charge in [-0.25, -0.2) is 0 Å². The highest BCUT2D eigenvalue weighted by atomic mass is 19.4. The summed E-state index contributed by atoms with van der Waals surface area (Å²) in [4.78, 5) is 27.8. The lowest BCUT2D eigenvalue weighted by Crippen LogP contribution is -2.49. The second-order valence-electron chi connectivity index (χ2n) is 13.7. The van der Waals surface area contributed by atoms with Crippen LogP contribution in [0.1, 0.15) is 72.8 Å². The molecule has 4 aliphatic rings. The molecule has 1 amide bonds. The van der Waals surface area contributed by atoms with Crippen LogP contribution in [0.15, 0.2) is 91.0 Å². The minimum absolute atomic E-state index is 0.0399. The minimum atomic E-state index is -4.39. The van der Waals surface area contributed by atoms with Crippen molar-refractivity contribution in [1.82, 2.24) is 10.2 Å². The maximum atomic E-state index is 14.1. The number of alkyl halides is 3. The summed E-state index contributed by atoms with van der Waals surface area (Å²) >= 11 is 0. The largest absolute Gasteiger partial charge is 0.468 e. The first-order valence-electron chi connectivity index (χ1n) is 17.3. The number of fused-ring (bicyclic) bond motifs is 1. The SMILES string of the molecule is COC(=O)C1(c2ccccc2)CC=CC1.O=C(N1CCc2ccc(C(F)(F)F)cc2C1)[C@@]1(c2ccccc2)CC[C@@H](NC2CCOCC2)C1. The highest BCUT2D eigenvalue weighted by Crippen LogP contribution is 2.44. The van der Waals surface area contributed by atoms with E-state index in [-0.39, 0.29) is 24.5 Å². The van der Waals surface area contributed by atoms with Crippen LogP contribution in [0.25, 0.3) is 0 Å². The summed E-state index contributed by atoms with van der Waals surface area (Å²) in [6.45, 7) is 2.29. The number of esters is 1. The van der Waals surface area contributed by atoms with Crippen LogP contribution in [-0.2, 0) is 49.0 Å². The van der Waals surface area contributed by atoms with E-state index in [4.69, 9.17) is 9.47 Å². The van der Waals surface area contributed by atoms with Crippen LogP contribution >= 0.6 is 0 Å². The first-order chi connectivity index (χ1) is 23.6. The molecule has 49 heavy (non-hydrogen) atoms. The van der Waals surface area contributed by atoms with E-state index in [1.807, 2.05) is 72.8 Å². The van der Waals surface area contributed by atoms with Crippen LogP contribution in [0.2, 0.25) is 0 Å². The van der Waals surface area contributed by atoms with Crippen molar-refractivity contribution in [3.8, 4) is 0 Å². The first kappa shape index (κ1) is 34.9. The molecular weight excluding hydrogens is 629 g/mol. The molecule has 9 heteroatoms. The molecule has 1 saturated heterocycles. The van der Waals surface area contributed by atoms with Gasteiger partial charge in [-0.05, 0) is 85.8 Å². The molecule has 3 aromatic carbocycles. The molecule has 2 heterocycles. The Morgan fingerprint density at radius 1 is 0.837 bits per heavy atom. The topological polar surface area (TPSA) is 67.9 Å². The standard InChI is InChI=1S/C27H31F3N2O2.C13H14O2/c28-27(29,30)22-7-6-19-9-13-32(18-20(19)16-22)25(33)26(21-4-2-1-3-5-21)12-8-24(17-26)31-23-10-14-34-15-11-23;1-15-12(14)13(9-5-6-10-13)11-7-3-2-4-8-11/h1-7,16,23-24,31H,8-15,17-18H2;2-8H,9-10H2,1H3/t24-,26+;/m1./s1. The van der Waals surface area contributed by atoms with Gasteiger partial charge in [-0.2, -0.15) is 13.2 Å². The van der Waals surface area contributed by atoms with Gasteiger partial charge in [0, 0.05) is 38.4 Å². The van der Waals surface area contributed by atoms with Crippen LogP contribution in [-0.4, -0.2) is 55.7 Å². The van der Waals surface area contributed by atoms with Crippen molar-refractivity contribution < 1.29 is 32.2 Å². The smallest absolute Gasteiger partial charge is 0.416 e. The summed E-state index contributed by atoms with van der Waals surface area (Å²) in [7, 11) is 1.45. The lowest BCUT2D eigenvalue weighted by atomic mass is 9.76. The monoisotopic (exact) mass is 674 g/mol. The Morgan fingerprint density at radius 2 is 1.47 bits per heavy atom. The average Bonchev–Trinajstić information content (AvgIpc) is 3.81. The molecule has 0 unspecified atom stereocenters. The molecule has 2 fully saturated rings. The van der Waals surface area contributed by atoms with Crippen molar-refractivity contribution in [2.45, 2.75) is 87.0 Å². The highest BCUT2D eigenvalue weighted by molar-refractivity contribution is 5.89. The molecule has 2 atom stereocenters. The van der Waals surface area contributed by atoms with Crippen LogP contribution in [0.4, 0.5) is 13.2 Å². The third kappa shape index (κ3) is 7.48. The fourth-order valence-corrected chi connectivity index (χ4v) is 8.06. The number of methoxy groups -OCH3 is 1. The Hall–Kier alpha value is -3.95. The van der Waals surface area contributed by atoms with Gasteiger partial charge >= 0.3 is 12.1 Å². The molecule has 0 aromatic heterocycles. The number of hydrogen-bond donors (Lipinski definition) is 1. The van der Waals surface area contributed by atoms with Gasteiger partial charge in [0.05, 0.1) is 23.5 Å². The Labute approximate surface area is 286 Å². The second-order valence-corrected chi connectivity index (χ2v) is 13.7. The van der Waals surface area contributed by atoms with Gasteiger partial charge in [-0.3, -0.25) is 9.59 Å². The zero-order valence-electron chi connectivity index (χ0n) is 28.0. The third-order valence-corrected chi connectivity index (χ3v) is 10.8. The molecule has 0 bridgehead atoms. The highest BCUT2D eigenvalue weighted by Gasteiger charge is 2.49. The zero-order valence-corrected chi connectivity index (χ0v) is 28.0. The van der Waals surface area contributed by atoms with Crippen molar-refractivity contribution in [3.63, 3.8) is 0 Å². The number of ether oxygens (including phenoxy) is 2. The van der Waals surface area contributed by atoms with Crippen LogP contribution in [0.3, 0.4) is 0 Å². The van der Waals surface area contributed by atoms with Crippen LogP contribution < -0.4 is 5.32 Å².